The quantitative estimate of drug-likeness (QED) is 0.365. The lowest BCUT2D eigenvalue weighted by Gasteiger charge is -2.21. The molecule has 0 aromatic heterocycles. The van der Waals surface area contributed by atoms with Crippen molar-refractivity contribution in [1.82, 2.24) is 5.32 Å². The van der Waals surface area contributed by atoms with Gasteiger partial charge in [-0.1, -0.05) is 43.1 Å². The van der Waals surface area contributed by atoms with Crippen molar-refractivity contribution >= 4 is 33.2 Å². The summed E-state index contributed by atoms with van der Waals surface area (Å²) < 4.78 is 33.3. The molecule has 0 radical (unpaired) electrons. The highest BCUT2D eigenvalue weighted by molar-refractivity contribution is 7.92. The van der Waals surface area contributed by atoms with Gasteiger partial charge >= 0.3 is 0 Å². The molecule has 0 aliphatic heterocycles. The first kappa shape index (κ1) is 26.6. The van der Waals surface area contributed by atoms with Crippen LogP contribution < -0.4 is 14.8 Å². The summed E-state index contributed by atoms with van der Waals surface area (Å²) in [7, 11) is -2.13. The summed E-state index contributed by atoms with van der Waals surface area (Å²) in [6.45, 7) is 9.96. The van der Waals surface area contributed by atoms with E-state index in [1.165, 1.54) is 30.3 Å². The Hall–Kier alpha value is -3.03. The molecule has 3 aromatic carbocycles. The molecule has 0 aliphatic carbocycles. The number of sulfonamides is 1. The second-order valence-electron chi connectivity index (χ2n) is 8.91. The van der Waals surface area contributed by atoms with Gasteiger partial charge in [-0.3, -0.25) is 9.52 Å². The van der Waals surface area contributed by atoms with Crippen molar-refractivity contribution in [3.63, 3.8) is 0 Å². The number of benzene rings is 3. The Bertz CT molecular complexity index is 1340. The van der Waals surface area contributed by atoms with E-state index in [9.17, 15) is 13.2 Å². The highest BCUT2D eigenvalue weighted by atomic mass is 35.5. The normalized spacial score (nSPS) is 12.3. The van der Waals surface area contributed by atoms with Crippen LogP contribution >= 0.6 is 11.6 Å². The van der Waals surface area contributed by atoms with E-state index in [2.05, 4.69) is 30.0 Å². The summed E-state index contributed by atoms with van der Waals surface area (Å²) in [6, 6.07) is 14.8. The van der Waals surface area contributed by atoms with Gasteiger partial charge < -0.3 is 10.1 Å². The molecule has 3 rings (SSSR count). The minimum atomic E-state index is -3.78. The molecule has 35 heavy (non-hydrogen) atoms. The summed E-state index contributed by atoms with van der Waals surface area (Å²) in [5, 5.41) is 3.14. The van der Waals surface area contributed by atoms with Crippen molar-refractivity contribution in [3.8, 4) is 5.75 Å². The average Bonchev–Trinajstić information content (AvgIpc) is 2.78. The second kappa shape index (κ2) is 10.7. The molecule has 0 saturated carbocycles. The molecule has 1 amide bonds. The number of hydrogen-bond acceptors (Lipinski definition) is 4. The van der Waals surface area contributed by atoms with Crippen molar-refractivity contribution < 1.29 is 17.9 Å². The number of halogens is 1. The fourth-order valence-electron chi connectivity index (χ4n) is 3.86. The third-order valence-corrected chi connectivity index (χ3v) is 7.56. The van der Waals surface area contributed by atoms with E-state index in [0.29, 0.717) is 0 Å². The first-order chi connectivity index (χ1) is 16.4. The van der Waals surface area contributed by atoms with Crippen LogP contribution in [0.3, 0.4) is 0 Å². The molecule has 2 N–H and O–H groups in total. The first-order valence-electron chi connectivity index (χ1n) is 11.3. The number of methoxy groups -OCH3 is 1. The van der Waals surface area contributed by atoms with Crippen molar-refractivity contribution in [2.75, 3.05) is 11.8 Å². The van der Waals surface area contributed by atoms with Crippen LogP contribution in [0.25, 0.3) is 0 Å². The van der Waals surface area contributed by atoms with Crippen LogP contribution in [0.5, 0.6) is 5.75 Å². The lowest BCUT2D eigenvalue weighted by Crippen LogP contribution is -2.27. The number of carbonyl (C=O) groups excluding carboxylic acids is 1. The summed E-state index contributed by atoms with van der Waals surface area (Å²) in [4.78, 5) is 13.1. The largest absolute Gasteiger partial charge is 0.496 e. The van der Waals surface area contributed by atoms with Crippen LogP contribution in [-0.4, -0.2) is 21.4 Å². The fraction of sp³-hybridized carbons (Fsp3) is 0.296. The molecule has 0 unspecified atom stereocenters. The van der Waals surface area contributed by atoms with E-state index in [1.54, 1.807) is 19.2 Å². The van der Waals surface area contributed by atoms with Gasteiger partial charge in [0.25, 0.3) is 15.9 Å². The SMILES string of the molecule is COc1cc(C)c([C@H](C)NC(=O)c2ccc(NS(=O)(=O)c3ccc(C)cc3)cc2Cl)cc1C(C)C. The molecule has 0 saturated heterocycles. The van der Waals surface area contributed by atoms with E-state index < -0.39 is 10.0 Å². The molecular weight excluding hydrogens is 484 g/mol. The minimum Gasteiger partial charge on any atom is -0.496 e. The summed E-state index contributed by atoms with van der Waals surface area (Å²) in [5.74, 6) is 0.737. The van der Waals surface area contributed by atoms with Gasteiger partial charge in [-0.2, -0.15) is 0 Å². The molecule has 1 atom stereocenters. The van der Waals surface area contributed by atoms with Gasteiger partial charge in [0.1, 0.15) is 5.75 Å². The van der Waals surface area contributed by atoms with Crippen LogP contribution in [0.2, 0.25) is 5.02 Å². The van der Waals surface area contributed by atoms with Gasteiger partial charge in [-0.25, -0.2) is 8.42 Å². The Morgan fingerprint density at radius 1 is 0.943 bits per heavy atom. The molecule has 186 valence electrons. The highest BCUT2D eigenvalue weighted by Gasteiger charge is 2.20. The number of nitrogens with one attached hydrogen (secondary N) is 2. The molecule has 0 fully saturated rings. The maximum atomic E-state index is 13.0. The van der Waals surface area contributed by atoms with E-state index >= 15 is 0 Å². The van der Waals surface area contributed by atoms with Crippen molar-refractivity contribution in [1.29, 1.82) is 0 Å². The van der Waals surface area contributed by atoms with Crippen LogP contribution in [0.1, 0.15) is 65.3 Å². The maximum Gasteiger partial charge on any atom is 0.261 e. The zero-order valence-corrected chi connectivity index (χ0v) is 22.3. The number of aryl methyl sites for hydroxylation is 2. The van der Waals surface area contributed by atoms with E-state index in [4.69, 9.17) is 16.3 Å². The number of hydrogen-bond donors (Lipinski definition) is 2. The zero-order valence-electron chi connectivity index (χ0n) is 20.8. The average molecular weight is 515 g/mol. The van der Waals surface area contributed by atoms with Gasteiger partial charge in [0, 0.05) is 0 Å². The van der Waals surface area contributed by atoms with Crippen LogP contribution in [0, 0.1) is 13.8 Å². The van der Waals surface area contributed by atoms with Gasteiger partial charge in [0.2, 0.25) is 0 Å². The van der Waals surface area contributed by atoms with Gasteiger partial charge in [-0.05, 0) is 85.8 Å². The second-order valence-corrected chi connectivity index (χ2v) is 11.0. The number of anilines is 1. The smallest absolute Gasteiger partial charge is 0.261 e. The molecular formula is C27H31ClN2O4S. The topological polar surface area (TPSA) is 84.5 Å². The third-order valence-electron chi connectivity index (χ3n) is 5.85. The number of rotatable bonds is 8. The third kappa shape index (κ3) is 6.16. The molecule has 0 spiro atoms. The summed E-state index contributed by atoms with van der Waals surface area (Å²) in [5.41, 5.74) is 4.55. The predicted molar refractivity (Wildman–Crippen MR) is 141 cm³/mol. The zero-order chi connectivity index (χ0) is 25.9. The van der Waals surface area contributed by atoms with Crippen LogP contribution in [0.15, 0.2) is 59.5 Å². The van der Waals surface area contributed by atoms with Gasteiger partial charge in [0.05, 0.1) is 34.3 Å². The lowest BCUT2D eigenvalue weighted by molar-refractivity contribution is 0.0940. The van der Waals surface area contributed by atoms with Gasteiger partial charge in [0.15, 0.2) is 0 Å². The monoisotopic (exact) mass is 514 g/mol. The summed E-state index contributed by atoms with van der Waals surface area (Å²) >= 11 is 6.37. The fourth-order valence-corrected chi connectivity index (χ4v) is 5.17. The molecule has 3 aromatic rings. The maximum absolute atomic E-state index is 13.0. The molecule has 0 bridgehead atoms. The summed E-state index contributed by atoms with van der Waals surface area (Å²) in [6.07, 6.45) is 0. The Morgan fingerprint density at radius 3 is 2.17 bits per heavy atom. The Labute approximate surface area is 212 Å². The van der Waals surface area contributed by atoms with Crippen LogP contribution in [-0.2, 0) is 10.0 Å². The van der Waals surface area contributed by atoms with E-state index in [-0.39, 0.29) is 39.0 Å². The number of amides is 1. The molecule has 0 heterocycles. The minimum absolute atomic E-state index is 0.144. The van der Waals surface area contributed by atoms with Crippen molar-refractivity contribution in [2.45, 2.75) is 51.5 Å². The molecule has 8 heteroatoms. The Morgan fingerprint density at radius 2 is 1.60 bits per heavy atom. The van der Waals surface area contributed by atoms with E-state index in [1.807, 2.05) is 26.8 Å². The first-order valence-corrected chi connectivity index (χ1v) is 13.2. The van der Waals surface area contributed by atoms with Gasteiger partial charge in [-0.15, -0.1) is 0 Å². The molecule has 0 aliphatic rings. The standard InChI is InChI=1S/C27H31ClN2O4S/c1-16(2)23-15-24(18(4)13-26(23)34-6)19(5)29-27(31)22-12-9-20(14-25(22)28)30-35(32,33)21-10-7-17(3)8-11-21/h7-16,19,30H,1-6H3,(H,29,31)/t19-/m0/s1. The van der Waals surface area contributed by atoms with E-state index in [0.717, 1.165) is 28.0 Å². The number of ether oxygens (including phenoxy) is 1. The lowest BCUT2D eigenvalue weighted by atomic mass is 9.93. The molecule has 6 nitrogen and oxygen atoms in total. The van der Waals surface area contributed by atoms with Crippen molar-refractivity contribution in [2.24, 2.45) is 0 Å². The highest BCUT2D eigenvalue weighted by Crippen LogP contribution is 2.32. The Kier molecular flexibility index (Phi) is 8.13. The Balaban J connectivity index is 1.78. The number of carbonyl (C=O) groups is 1. The van der Waals surface area contributed by atoms with Crippen molar-refractivity contribution in [3.05, 3.63) is 87.4 Å². The van der Waals surface area contributed by atoms with Crippen LogP contribution in [0.4, 0.5) is 5.69 Å². The predicted octanol–water partition coefficient (Wildman–Crippen LogP) is 6.38.